The van der Waals surface area contributed by atoms with Crippen molar-refractivity contribution in [2.45, 2.75) is 35.2 Å². The Morgan fingerprint density at radius 3 is 2.70 bits per heavy atom. The van der Waals surface area contributed by atoms with Gasteiger partial charge in [0, 0.05) is 31.9 Å². The first kappa shape index (κ1) is 14.5. The number of halogens is 2. The standard InChI is InChI=1S/C16H15BrClNS/c17-14-3-1-2-4-16(14)20-13-8-5-11(15(18)9-13)10-19-12-6-7-12/h1-5,8-9,12,19H,6-7,10H2. The summed E-state index contributed by atoms with van der Waals surface area (Å²) in [7, 11) is 0. The molecule has 20 heavy (non-hydrogen) atoms. The molecule has 0 spiro atoms. The van der Waals surface area contributed by atoms with E-state index in [9.17, 15) is 0 Å². The molecule has 0 aromatic heterocycles. The number of hydrogen-bond donors (Lipinski definition) is 1. The van der Waals surface area contributed by atoms with E-state index in [-0.39, 0.29) is 0 Å². The van der Waals surface area contributed by atoms with E-state index in [1.165, 1.54) is 23.3 Å². The van der Waals surface area contributed by atoms with Crippen LogP contribution in [-0.4, -0.2) is 6.04 Å². The fourth-order valence-corrected chi connectivity index (χ4v) is 3.65. The van der Waals surface area contributed by atoms with Gasteiger partial charge in [-0.3, -0.25) is 0 Å². The summed E-state index contributed by atoms with van der Waals surface area (Å²) >= 11 is 11.7. The van der Waals surface area contributed by atoms with E-state index in [4.69, 9.17) is 11.6 Å². The highest BCUT2D eigenvalue weighted by molar-refractivity contribution is 9.10. The zero-order chi connectivity index (χ0) is 13.9. The van der Waals surface area contributed by atoms with Crippen LogP contribution >= 0.6 is 39.3 Å². The molecule has 0 radical (unpaired) electrons. The van der Waals surface area contributed by atoms with Crippen LogP contribution in [0.5, 0.6) is 0 Å². The van der Waals surface area contributed by atoms with Gasteiger partial charge >= 0.3 is 0 Å². The van der Waals surface area contributed by atoms with Crippen LogP contribution in [0.15, 0.2) is 56.7 Å². The number of benzene rings is 2. The maximum atomic E-state index is 6.37. The lowest BCUT2D eigenvalue weighted by Crippen LogP contribution is -2.15. The van der Waals surface area contributed by atoms with Crippen LogP contribution in [0.25, 0.3) is 0 Å². The van der Waals surface area contributed by atoms with Crippen LogP contribution in [-0.2, 0) is 6.54 Å². The maximum Gasteiger partial charge on any atom is 0.0462 e. The SMILES string of the molecule is Clc1cc(Sc2ccccc2Br)ccc1CNC1CC1. The smallest absolute Gasteiger partial charge is 0.0462 e. The van der Waals surface area contributed by atoms with Crippen molar-refractivity contribution in [3.05, 3.63) is 57.5 Å². The lowest BCUT2D eigenvalue weighted by Gasteiger charge is -2.09. The van der Waals surface area contributed by atoms with E-state index >= 15 is 0 Å². The van der Waals surface area contributed by atoms with Gasteiger partial charge in [0.2, 0.25) is 0 Å². The number of rotatable bonds is 5. The second-order valence-electron chi connectivity index (χ2n) is 4.94. The Labute approximate surface area is 137 Å². The summed E-state index contributed by atoms with van der Waals surface area (Å²) in [6.45, 7) is 0.865. The van der Waals surface area contributed by atoms with Crippen LogP contribution in [0.2, 0.25) is 5.02 Å². The van der Waals surface area contributed by atoms with Gasteiger partial charge in [-0.15, -0.1) is 0 Å². The van der Waals surface area contributed by atoms with E-state index in [0.29, 0.717) is 6.04 Å². The lowest BCUT2D eigenvalue weighted by molar-refractivity contribution is 0.687. The third-order valence-corrected chi connectivity index (χ3v) is 5.62. The minimum Gasteiger partial charge on any atom is -0.310 e. The second-order valence-corrected chi connectivity index (χ2v) is 7.32. The molecule has 0 amide bonds. The highest BCUT2D eigenvalue weighted by Crippen LogP contribution is 2.35. The molecule has 1 saturated carbocycles. The summed E-state index contributed by atoms with van der Waals surface area (Å²) in [5.74, 6) is 0. The molecule has 1 nitrogen and oxygen atoms in total. The molecule has 1 fully saturated rings. The van der Waals surface area contributed by atoms with Crippen LogP contribution in [0, 0.1) is 0 Å². The Morgan fingerprint density at radius 2 is 2.00 bits per heavy atom. The van der Waals surface area contributed by atoms with Gasteiger partial charge in [0.1, 0.15) is 0 Å². The van der Waals surface area contributed by atoms with Crippen molar-refractivity contribution in [2.24, 2.45) is 0 Å². The normalized spacial score (nSPS) is 14.5. The van der Waals surface area contributed by atoms with Crippen LogP contribution in [0.1, 0.15) is 18.4 Å². The third-order valence-electron chi connectivity index (χ3n) is 3.25. The summed E-state index contributed by atoms with van der Waals surface area (Å²) < 4.78 is 1.11. The summed E-state index contributed by atoms with van der Waals surface area (Å²) in [6.07, 6.45) is 2.60. The minimum atomic E-state index is 0.709. The van der Waals surface area contributed by atoms with E-state index in [1.54, 1.807) is 11.8 Å². The first-order valence-corrected chi connectivity index (χ1v) is 8.65. The monoisotopic (exact) mass is 367 g/mol. The zero-order valence-electron chi connectivity index (χ0n) is 10.9. The van der Waals surface area contributed by atoms with Gasteiger partial charge in [-0.2, -0.15) is 0 Å². The van der Waals surface area contributed by atoms with Crippen molar-refractivity contribution in [2.75, 3.05) is 0 Å². The summed E-state index contributed by atoms with van der Waals surface area (Å²) in [5.41, 5.74) is 1.18. The van der Waals surface area contributed by atoms with Gasteiger partial charge in [0.05, 0.1) is 0 Å². The average Bonchev–Trinajstić information content (AvgIpc) is 3.25. The topological polar surface area (TPSA) is 12.0 Å². The lowest BCUT2D eigenvalue weighted by atomic mass is 10.2. The van der Waals surface area contributed by atoms with Gasteiger partial charge in [0.25, 0.3) is 0 Å². The molecule has 1 aliphatic carbocycles. The molecule has 0 bridgehead atoms. The van der Waals surface area contributed by atoms with Crippen molar-refractivity contribution >= 4 is 39.3 Å². The average molecular weight is 369 g/mol. The van der Waals surface area contributed by atoms with Crippen LogP contribution in [0.4, 0.5) is 0 Å². The van der Waals surface area contributed by atoms with Crippen molar-refractivity contribution in [1.29, 1.82) is 0 Å². The Kier molecular flexibility index (Phi) is 4.72. The molecule has 3 rings (SSSR count). The summed E-state index contributed by atoms with van der Waals surface area (Å²) in [6, 6.07) is 15.2. The molecule has 1 aliphatic rings. The first-order valence-electron chi connectivity index (χ1n) is 6.66. The quantitative estimate of drug-likeness (QED) is 0.747. The van der Waals surface area contributed by atoms with E-state index in [1.807, 2.05) is 12.1 Å². The number of nitrogens with one attached hydrogen (secondary N) is 1. The highest BCUT2D eigenvalue weighted by Gasteiger charge is 2.20. The molecule has 104 valence electrons. The molecule has 2 aromatic rings. The largest absolute Gasteiger partial charge is 0.310 e. The van der Waals surface area contributed by atoms with Crippen LogP contribution < -0.4 is 5.32 Å². The Bertz CT molecular complexity index is 613. The van der Waals surface area contributed by atoms with Crippen molar-refractivity contribution in [3.63, 3.8) is 0 Å². The molecule has 1 N–H and O–H groups in total. The summed E-state index contributed by atoms with van der Waals surface area (Å²) in [4.78, 5) is 2.37. The van der Waals surface area contributed by atoms with Crippen LogP contribution in [0.3, 0.4) is 0 Å². The Balaban J connectivity index is 1.71. The fraction of sp³-hybridized carbons (Fsp3) is 0.250. The summed E-state index contributed by atoms with van der Waals surface area (Å²) in [5, 5.41) is 4.34. The molecule has 0 aliphatic heterocycles. The molecule has 2 aromatic carbocycles. The van der Waals surface area contributed by atoms with E-state index in [0.717, 1.165) is 20.9 Å². The van der Waals surface area contributed by atoms with Gasteiger partial charge in [0.15, 0.2) is 0 Å². The Hall–Kier alpha value is -0.480. The predicted octanol–water partition coefficient (Wildman–Crippen LogP) is 5.51. The van der Waals surface area contributed by atoms with Gasteiger partial charge in [-0.05, 0) is 58.6 Å². The molecule has 4 heteroatoms. The molecule has 0 saturated heterocycles. The van der Waals surface area contributed by atoms with Crippen molar-refractivity contribution in [1.82, 2.24) is 5.32 Å². The van der Waals surface area contributed by atoms with Gasteiger partial charge in [-0.1, -0.05) is 41.6 Å². The molecular weight excluding hydrogens is 354 g/mol. The second kappa shape index (κ2) is 6.52. The highest BCUT2D eigenvalue weighted by atomic mass is 79.9. The van der Waals surface area contributed by atoms with Gasteiger partial charge in [-0.25, -0.2) is 0 Å². The fourth-order valence-electron chi connectivity index (χ4n) is 1.93. The molecule has 0 unspecified atom stereocenters. The molecule has 0 heterocycles. The maximum absolute atomic E-state index is 6.37. The third kappa shape index (κ3) is 3.79. The number of hydrogen-bond acceptors (Lipinski definition) is 2. The Morgan fingerprint density at radius 1 is 1.20 bits per heavy atom. The predicted molar refractivity (Wildman–Crippen MR) is 89.6 cm³/mol. The van der Waals surface area contributed by atoms with Crippen molar-refractivity contribution < 1.29 is 0 Å². The zero-order valence-corrected chi connectivity index (χ0v) is 14.1. The first-order chi connectivity index (χ1) is 9.72. The van der Waals surface area contributed by atoms with E-state index < -0.39 is 0 Å². The minimum absolute atomic E-state index is 0.709. The molecular formula is C16H15BrClNS. The van der Waals surface area contributed by atoms with Crippen molar-refractivity contribution in [3.8, 4) is 0 Å². The van der Waals surface area contributed by atoms with E-state index in [2.05, 4.69) is 51.6 Å². The molecule has 0 atom stereocenters. The van der Waals surface area contributed by atoms with Gasteiger partial charge < -0.3 is 5.32 Å².